The molecule has 16 heavy (non-hydrogen) atoms. The highest BCUT2D eigenvalue weighted by molar-refractivity contribution is 5.45. The molecule has 0 spiro atoms. The fourth-order valence-electron chi connectivity index (χ4n) is 1.99. The van der Waals surface area contributed by atoms with Crippen molar-refractivity contribution in [3.05, 3.63) is 35.5 Å². The number of rotatable bonds is 2. The highest BCUT2D eigenvalue weighted by atomic mass is 15.4. The summed E-state index contributed by atoms with van der Waals surface area (Å²) in [5.41, 5.74) is 9.20. The van der Waals surface area contributed by atoms with Crippen LogP contribution in [0.4, 0.5) is 5.82 Å². The quantitative estimate of drug-likeness (QED) is 0.832. The van der Waals surface area contributed by atoms with Gasteiger partial charge in [-0.05, 0) is 37.5 Å². The minimum atomic E-state index is 0.551. The summed E-state index contributed by atoms with van der Waals surface area (Å²) in [6.07, 6.45) is 2.40. The molecular weight excluding hydrogens is 200 g/mol. The smallest absolute Gasteiger partial charge is 0.169 e. The third kappa shape index (κ3) is 1.46. The number of nitrogen functional groups attached to an aromatic ring is 1. The van der Waals surface area contributed by atoms with Gasteiger partial charge in [0.05, 0.1) is 11.4 Å². The van der Waals surface area contributed by atoms with Gasteiger partial charge < -0.3 is 5.73 Å². The molecule has 0 saturated heterocycles. The zero-order valence-electron chi connectivity index (χ0n) is 9.22. The average molecular weight is 214 g/mol. The van der Waals surface area contributed by atoms with E-state index in [1.807, 2.05) is 16.8 Å². The third-order valence-electron chi connectivity index (χ3n) is 2.94. The molecule has 82 valence electrons. The van der Waals surface area contributed by atoms with Crippen LogP contribution in [-0.4, -0.2) is 15.0 Å². The molecule has 4 nitrogen and oxygen atoms in total. The maximum atomic E-state index is 5.86. The van der Waals surface area contributed by atoms with Crippen LogP contribution >= 0.6 is 0 Å². The lowest BCUT2D eigenvalue weighted by atomic mass is 10.2. The monoisotopic (exact) mass is 214 g/mol. The van der Waals surface area contributed by atoms with E-state index in [4.69, 9.17) is 5.73 Å². The molecule has 1 heterocycles. The maximum Gasteiger partial charge on any atom is 0.169 e. The van der Waals surface area contributed by atoms with E-state index >= 15 is 0 Å². The number of nitrogens with zero attached hydrogens (tertiary/aromatic N) is 3. The van der Waals surface area contributed by atoms with Crippen molar-refractivity contribution in [2.45, 2.75) is 25.7 Å². The molecule has 4 heteroatoms. The Morgan fingerprint density at radius 2 is 2.19 bits per heavy atom. The number of hydrogen-bond acceptors (Lipinski definition) is 3. The van der Waals surface area contributed by atoms with Crippen molar-refractivity contribution < 1.29 is 0 Å². The lowest BCUT2D eigenvalue weighted by molar-refractivity contribution is 0.763. The molecule has 2 N–H and O–H groups in total. The number of benzene rings is 1. The molecule has 1 aliphatic rings. The normalized spacial score (nSPS) is 15.3. The first kappa shape index (κ1) is 9.39. The lowest BCUT2D eigenvalue weighted by Crippen LogP contribution is -2.02. The van der Waals surface area contributed by atoms with Crippen molar-refractivity contribution in [3.63, 3.8) is 0 Å². The van der Waals surface area contributed by atoms with Gasteiger partial charge in [-0.15, -0.1) is 5.10 Å². The first-order chi connectivity index (χ1) is 7.75. The molecule has 0 unspecified atom stereocenters. The minimum Gasteiger partial charge on any atom is -0.381 e. The number of aryl methyl sites for hydroxylation is 1. The van der Waals surface area contributed by atoms with Gasteiger partial charge in [0, 0.05) is 5.92 Å². The van der Waals surface area contributed by atoms with E-state index < -0.39 is 0 Å². The van der Waals surface area contributed by atoms with Crippen molar-refractivity contribution in [1.82, 2.24) is 15.0 Å². The second kappa shape index (κ2) is 3.33. The van der Waals surface area contributed by atoms with Gasteiger partial charge >= 0.3 is 0 Å². The standard InChI is InChI=1S/C12H14N4/c1-8-3-2-4-10(7-8)16-11(9-5-6-9)12(13)14-15-16/h2-4,7,9H,5-6,13H2,1H3. The van der Waals surface area contributed by atoms with Gasteiger partial charge in [-0.25, -0.2) is 4.68 Å². The highest BCUT2D eigenvalue weighted by Crippen LogP contribution is 2.42. The first-order valence-corrected chi connectivity index (χ1v) is 5.54. The van der Waals surface area contributed by atoms with Crippen LogP contribution in [0.3, 0.4) is 0 Å². The van der Waals surface area contributed by atoms with Crippen LogP contribution in [0.15, 0.2) is 24.3 Å². The van der Waals surface area contributed by atoms with E-state index in [1.165, 1.54) is 18.4 Å². The summed E-state index contributed by atoms with van der Waals surface area (Å²) in [4.78, 5) is 0. The Kier molecular flexibility index (Phi) is 1.96. The van der Waals surface area contributed by atoms with Crippen molar-refractivity contribution in [3.8, 4) is 5.69 Å². The number of aromatic nitrogens is 3. The van der Waals surface area contributed by atoms with Crippen LogP contribution in [0.25, 0.3) is 5.69 Å². The van der Waals surface area contributed by atoms with E-state index in [1.54, 1.807) is 0 Å². The number of anilines is 1. The van der Waals surface area contributed by atoms with Gasteiger partial charge in [0.1, 0.15) is 0 Å². The molecule has 1 aromatic carbocycles. The molecule has 0 atom stereocenters. The fourth-order valence-corrected chi connectivity index (χ4v) is 1.99. The number of nitrogens with two attached hydrogens (primary N) is 1. The SMILES string of the molecule is Cc1cccc(-n2nnc(N)c2C2CC2)c1. The Hall–Kier alpha value is -1.84. The summed E-state index contributed by atoms with van der Waals surface area (Å²) in [6.45, 7) is 2.07. The van der Waals surface area contributed by atoms with Crippen LogP contribution in [0.1, 0.15) is 30.0 Å². The van der Waals surface area contributed by atoms with Gasteiger partial charge in [0.25, 0.3) is 0 Å². The van der Waals surface area contributed by atoms with E-state index in [2.05, 4.69) is 29.4 Å². The van der Waals surface area contributed by atoms with Crippen LogP contribution in [0, 0.1) is 6.92 Å². The lowest BCUT2D eigenvalue weighted by Gasteiger charge is -2.06. The van der Waals surface area contributed by atoms with Crippen LogP contribution in [0.5, 0.6) is 0 Å². The summed E-state index contributed by atoms with van der Waals surface area (Å²) in [6, 6.07) is 8.23. The van der Waals surface area contributed by atoms with Crippen LogP contribution < -0.4 is 5.73 Å². The molecular formula is C12H14N4. The molecule has 2 aromatic rings. The van der Waals surface area contributed by atoms with Crippen molar-refractivity contribution in [2.24, 2.45) is 0 Å². The fraction of sp³-hybridized carbons (Fsp3) is 0.333. The second-order valence-electron chi connectivity index (χ2n) is 4.39. The van der Waals surface area contributed by atoms with Crippen LogP contribution in [0.2, 0.25) is 0 Å². The predicted molar refractivity (Wildman–Crippen MR) is 62.5 cm³/mol. The van der Waals surface area contributed by atoms with Crippen molar-refractivity contribution in [1.29, 1.82) is 0 Å². The molecule has 0 bridgehead atoms. The second-order valence-corrected chi connectivity index (χ2v) is 4.39. The Morgan fingerprint density at radius 3 is 2.88 bits per heavy atom. The molecule has 1 fully saturated rings. The maximum absolute atomic E-state index is 5.86. The van der Waals surface area contributed by atoms with Gasteiger partial charge in [-0.3, -0.25) is 0 Å². The molecule has 0 aliphatic heterocycles. The first-order valence-electron chi connectivity index (χ1n) is 5.54. The van der Waals surface area contributed by atoms with Crippen LogP contribution in [-0.2, 0) is 0 Å². The zero-order valence-corrected chi connectivity index (χ0v) is 9.22. The van der Waals surface area contributed by atoms with Gasteiger partial charge in [0.2, 0.25) is 0 Å². The largest absolute Gasteiger partial charge is 0.381 e. The van der Waals surface area contributed by atoms with Crippen molar-refractivity contribution in [2.75, 3.05) is 5.73 Å². The summed E-state index contributed by atoms with van der Waals surface area (Å²) >= 11 is 0. The molecule has 3 rings (SSSR count). The molecule has 1 aromatic heterocycles. The summed E-state index contributed by atoms with van der Waals surface area (Å²) in [7, 11) is 0. The average Bonchev–Trinajstić information content (AvgIpc) is 3.02. The van der Waals surface area contributed by atoms with Gasteiger partial charge in [-0.1, -0.05) is 17.3 Å². The Bertz CT molecular complexity index is 526. The third-order valence-corrected chi connectivity index (χ3v) is 2.94. The predicted octanol–water partition coefficient (Wildman–Crippen LogP) is 2.04. The Balaban J connectivity index is 2.12. The van der Waals surface area contributed by atoms with E-state index in [0.29, 0.717) is 11.7 Å². The molecule has 1 aliphatic carbocycles. The summed E-state index contributed by atoms with van der Waals surface area (Å²) in [5, 5.41) is 8.10. The topological polar surface area (TPSA) is 56.7 Å². The highest BCUT2D eigenvalue weighted by Gasteiger charge is 2.30. The Morgan fingerprint density at radius 1 is 1.38 bits per heavy atom. The summed E-state index contributed by atoms with van der Waals surface area (Å²) < 4.78 is 1.88. The minimum absolute atomic E-state index is 0.551. The van der Waals surface area contributed by atoms with E-state index in [9.17, 15) is 0 Å². The van der Waals surface area contributed by atoms with Gasteiger partial charge in [0.15, 0.2) is 5.82 Å². The molecule has 1 saturated carbocycles. The molecule has 0 amide bonds. The van der Waals surface area contributed by atoms with Gasteiger partial charge in [-0.2, -0.15) is 0 Å². The van der Waals surface area contributed by atoms with Crippen molar-refractivity contribution >= 4 is 5.82 Å². The zero-order chi connectivity index (χ0) is 11.1. The number of hydrogen-bond donors (Lipinski definition) is 1. The molecule has 0 radical (unpaired) electrons. The summed E-state index contributed by atoms with van der Waals surface area (Å²) in [5.74, 6) is 1.12. The van der Waals surface area contributed by atoms with E-state index in [-0.39, 0.29) is 0 Å². The Labute approximate surface area is 94.1 Å². The van der Waals surface area contributed by atoms with E-state index in [0.717, 1.165) is 11.4 Å².